The van der Waals surface area contributed by atoms with Crippen LogP contribution in [0.4, 0.5) is 11.4 Å². The van der Waals surface area contributed by atoms with Crippen LogP contribution < -0.4 is 19.7 Å². The van der Waals surface area contributed by atoms with Crippen molar-refractivity contribution in [3.8, 4) is 11.5 Å². The van der Waals surface area contributed by atoms with Crippen LogP contribution in [-0.4, -0.2) is 25.2 Å². The van der Waals surface area contributed by atoms with Crippen LogP contribution >= 0.6 is 0 Å². The smallest absolute Gasteiger partial charge is 0.231 e. The summed E-state index contributed by atoms with van der Waals surface area (Å²) in [5.74, 6) is 0.711. The molecule has 2 aliphatic heterocycles. The standard InChI is InChI=1S/C19H18N2O4/c1-12-4-2-3-5-15(12)21-10-13(8-18(21)22)19(23)20-14-6-7-16-17(9-14)25-11-24-16/h2-7,9,13H,8,10-11H2,1H3,(H,20,23)/t13-/m0/s1. The number of amides is 2. The van der Waals surface area contributed by atoms with Crippen molar-refractivity contribution in [1.82, 2.24) is 0 Å². The topological polar surface area (TPSA) is 67.9 Å². The van der Waals surface area contributed by atoms with Gasteiger partial charge in [0.05, 0.1) is 5.92 Å². The highest BCUT2D eigenvalue weighted by atomic mass is 16.7. The zero-order valence-corrected chi connectivity index (χ0v) is 13.8. The Morgan fingerprint density at radius 2 is 1.96 bits per heavy atom. The molecule has 2 aromatic rings. The third kappa shape index (κ3) is 2.91. The number of hydrogen-bond acceptors (Lipinski definition) is 4. The lowest BCUT2D eigenvalue weighted by molar-refractivity contribution is -0.122. The Balaban J connectivity index is 1.47. The first kappa shape index (κ1) is 15.5. The Labute approximate surface area is 145 Å². The minimum atomic E-state index is -0.377. The highest BCUT2D eigenvalue weighted by Crippen LogP contribution is 2.35. The van der Waals surface area contributed by atoms with E-state index in [9.17, 15) is 9.59 Å². The van der Waals surface area contributed by atoms with Crippen LogP contribution in [0, 0.1) is 12.8 Å². The molecule has 0 spiro atoms. The Hall–Kier alpha value is -3.02. The summed E-state index contributed by atoms with van der Waals surface area (Å²) >= 11 is 0. The SMILES string of the molecule is Cc1ccccc1N1C[C@@H](C(=O)Nc2ccc3c(c2)OCO3)CC1=O. The molecule has 0 radical (unpaired) electrons. The first-order valence-electron chi connectivity index (χ1n) is 8.18. The number of carbonyl (C=O) groups excluding carboxylic acids is 2. The van der Waals surface area contributed by atoms with E-state index in [0.29, 0.717) is 23.7 Å². The maximum Gasteiger partial charge on any atom is 0.231 e. The van der Waals surface area contributed by atoms with Gasteiger partial charge in [0.1, 0.15) is 0 Å². The van der Waals surface area contributed by atoms with Crippen molar-refractivity contribution in [3.63, 3.8) is 0 Å². The molecule has 1 saturated heterocycles. The molecule has 6 heteroatoms. The summed E-state index contributed by atoms with van der Waals surface area (Å²) in [6.07, 6.45) is 0.213. The van der Waals surface area contributed by atoms with E-state index in [1.165, 1.54) is 0 Å². The van der Waals surface area contributed by atoms with Gasteiger partial charge >= 0.3 is 0 Å². The van der Waals surface area contributed by atoms with Gasteiger partial charge in [-0.2, -0.15) is 0 Å². The van der Waals surface area contributed by atoms with Crippen LogP contribution in [0.5, 0.6) is 11.5 Å². The van der Waals surface area contributed by atoms with Crippen LogP contribution in [0.1, 0.15) is 12.0 Å². The summed E-state index contributed by atoms with van der Waals surface area (Å²) in [5, 5.41) is 2.87. The fourth-order valence-electron chi connectivity index (χ4n) is 3.20. The average molecular weight is 338 g/mol. The molecule has 0 unspecified atom stereocenters. The van der Waals surface area contributed by atoms with Crippen molar-refractivity contribution in [1.29, 1.82) is 0 Å². The van der Waals surface area contributed by atoms with Crippen molar-refractivity contribution in [3.05, 3.63) is 48.0 Å². The van der Waals surface area contributed by atoms with Gasteiger partial charge in [-0.05, 0) is 30.7 Å². The molecule has 0 bridgehead atoms. The predicted molar refractivity (Wildman–Crippen MR) is 92.8 cm³/mol. The molecule has 1 N–H and O–H groups in total. The van der Waals surface area contributed by atoms with Gasteiger partial charge in [0.25, 0.3) is 0 Å². The third-order valence-electron chi connectivity index (χ3n) is 4.54. The molecule has 1 atom stereocenters. The number of nitrogens with zero attached hydrogens (tertiary/aromatic N) is 1. The molecular formula is C19H18N2O4. The van der Waals surface area contributed by atoms with Crippen LogP contribution in [-0.2, 0) is 9.59 Å². The van der Waals surface area contributed by atoms with Gasteiger partial charge in [-0.3, -0.25) is 9.59 Å². The lowest BCUT2D eigenvalue weighted by Gasteiger charge is -2.19. The molecule has 0 saturated carbocycles. The average Bonchev–Trinajstić information content (AvgIpc) is 3.21. The van der Waals surface area contributed by atoms with Gasteiger partial charge in [-0.25, -0.2) is 0 Å². The van der Waals surface area contributed by atoms with E-state index in [0.717, 1.165) is 11.3 Å². The van der Waals surface area contributed by atoms with Gasteiger partial charge in [0.15, 0.2) is 11.5 Å². The zero-order valence-electron chi connectivity index (χ0n) is 13.8. The van der Waals surface area contributed by atoms with E-state index in [1.807, 2.05) is 31.2 Å². The molecule has 2 amide bonds. The van der Waals surface area contributed by atoms with E-state index in [-0.39, 0.29) is 30.9 Å². The van der Waals surface area contributed by atoms with E-state index in [2.05, 4.69) is 5.32 Å². The molecule has 128 valence electrons. The number of nitrogens with one attached hydrogen (secondary N) is 1. The first-order valence-corrected chi connectivity index (χ1v) is 8.18. The number of hydrogen-bond donors (Lipinski definition) is 1. The molecule has 0 aromatic heterocycles. The van der Waals surface area contributed by atoms with Crippen molar-refractivity contribution in [2.75, 3.05) is 23.6 Å². The van der Waals surface area contributed by atoms with Crippen molar-refractivity contribution in [2.45, 2.75) is 13.3 Å². The highest BCUT2D eigenvalue weighted by Gasteiger charge is 2.35. The van der Waals surface area contributed by atoms with Crippen molar-refractivity contribution in [2.24, 2.45) is 5.92 Å². The minimum Gasteiger partial charge on any atom is -0.454 e. The summed E-state index contributed by atoms with van der Waals surface area (Å²) in [7, 11) is 0. The maximum absolute atomic E-state index is 12.6. The van der Waals surface area contributed by atoms with E-state index in [4.69, 9.17) is 9.47 Å². The molecule has 2 aromatic carbocycles. The predicted octanol–water partition coefficient (Wildman–Crippen LogP) is 2.72. The van der Waals surface area contributed by atoms with Crippen molar-refractivity contribution < 1.29 is 19.1 Å². The number of carbonyl (C=O) groups is 2. The molecule has 6 nitrogen and oxygen atoms in total. The van der Waals surface area contributed by atoms with Crippen molar-refractivity contribution >= 4 is 23.2 Å². The van der Waals surface area contributed by atoms with Gasteiger partial charge in [0, 0.05) is 30.4 Å². The molecule has 4 rings (SSSR count). The van der Waals surface area contributed by atoms with Crippen LogP contribution in [0.25, 0.3) is 0 Å². The Morgan fingerprint density at radius 1 is 1.16 bits per heavy atom. The normalized spacial score (nSPS) is 18.5. The lowest BCUT2D eigenvalue weighted by atomic mass is 10.1. The van der Waals surface area contributed by atoms with Crippen LogP contribution in [0.2, 0.25) is 0 Å². The van der Waals surface area contributed by atoms with Gasteiger partial charge in [-0.1, -0.05) is 18.2 Å². The molecule has 25 heavy (non-hydrogen) atoms. The second kappa shape index (κ2) is 6.12. The first-order chi connectivity index (χ1) is 12.1. The Kier molecular flexibility index (Phi) is 3.80. The monoisotopic (exact) mass is 338 g/mol. The number of fused-ring (bicyclic) bond motifs is 1. The minimum absolute atomic E-state index is 0.0277. The number of ether oxygens (including phenoxy) is 2. The second-order valence-electron chi connectivity index (χ2n) is 6.25. The quantitative estimate of drug-likeness (QED) is 0.934. The van der Waals surface area contributed by atoms with Gasteiger partial charge in [0.2, 0.25) is 18.6 Å². The number of para-hydroxylation sites is 1. The highest BCUT2D eigenvalue weighted by molar-refractivity contribution is 6.03. The number of aryl methyl sites for hydroxylation is 1. The van der Waals surface area contributed by atoms with E-state index in [1.54, 1.807) is 23.1 Å². The Morgan fingerprint density at radius 3 is 2.80 bits per heavy atom. The molecular weight excluding hydrogens is 320 g/mol. The largest absolute Gasteiger partial charge is 0.454 e. The number of benzene rings is 2. The second-order valence-corrected chi connectivity index (χ2v) is 6.25. The summed E-state index contributed by atoms with van der Waals surface area (Å²) in [4.78, 5) is 26.6. The lowest BCUT2D eigenvalue weighted by Crippen LogP contribution is -2.28. The zero-order chi connectivity index (χ0) is 17.4. The molecule has 2 aliphatic rings. The number of rotatable bonds is 3. The summed E-state index contributed by atoms with van der Waals surface area (Å²) in [6, 6.07) is 13.0. The fraction of sp³-hybridized carbons (Fsp3) is 0.263. The van der Waals surface area contributed by atoms with Crippen LogP contribution in [0.3, 0.4) is 0 Å². The van der Waals surface area contributed by atoms with Gasteiger partial charge in [-0.15, -0.1) is 0 Å². The summed E-state index contributed by atoms with van der Waals surface area (Å²) < 4.78 is 10.6. The molecule has 2 heterocycles. The number of anilines is 2. The molecule has 1 fully saturated rings. The van der Waals surface area contributed by atoms with E-state index < -0.39 is 0 Å². The fourth-order valence-corrected chi connectivity index (χ4v) is 3.20. The Bertz CT molecular complexity index is 849. The third-order valence-corrected chi connectivity index (χ3v) is 4.54. The summed E-state index contributed by atoms with van der Waals surface area (Å²) in [6.45, 7) is 2.54. The molecule has 0 aliphatic carbocycles. The summed E-state index contributed by atoms with van der Waals surface area (Å²) in [5.41, 5.74) is 2.52. The maximum atomic E-state index is 12.6. The van der Waals surface area contributed by atoms with Crippen LogP contribution in [0.15, 0.2) is 42.5 Å². The van der Waals surface area contributed by atoms with Gasteiger partial charge < -0.3 is 19.7 Å². The van der Waals surface area contributed by atoms with E-state index >= 15 is 0 Å².